The number of phenols is 1. The highest BCUT2D eigenvalue weighted by Gasteiger charge is 2.21. The van der Waals surface area contributed by atoms with Gasteiger partial charge in [-0.05, 0) is 29.8 Å². The zero-order valence-corrected chi connectivity index (χ0v) is 14.3. The van der Waals surface area contributed by atoms with E-state index in [2.05, 4.69) is 28.5 Å². The molecule has 2 aromatic carbocycles. The topological polar surface area (TPSA) is 58.0 Å². The molecule has 0 aliphatic rings. The molecule has 6 heteroatoms. The first-order valence-corrected chi connectivity index (χ1v) is 8.34. The molecule has 0 unspecified atom stereocenters. The van der Waals surface area contributed by atoms with E-state index in [0.29, 0.717) is 17.5 Å². The number of nitrogens with zero attached hydrogens (tertiary/aromatic N) is 2. The standard InChI is InChI=1S/C18H18FN3OS/c1-18(2,13-6-8-14(19)9-7-13)11-20-17-21-16(22-24-17)12-4-3-5-15(23)10-12/h3-10,23H,11H2,1-2H3,(H,20,21,22). The monoisotopic (exact) mass is 343 g/mol. The SMILES string of the molecule is CC(C)(CNc1nc(-c2cccc(O)c2)ns1)c1ccc(F)cc1. The Morgan fingerprint density at radius 3 is 2.62 bits per heavy atom. The van der Waals surface area contributed by atoms with Gasteiger partial charge in [0.25, 0.3) is 0 Å². The molecule has 0 atom stereocenters. The highest BCUT2D eigenvalue weighted by Crippen LogP contribution is 2.27. The van der Waals surface area contributed by atoms with Gasteiger partial charge in [-0.25, -0.2) is 4.39 Å². The Bertz CT molecular complexity index is 830. The number of benzene rings is 2. The summed E-state index contributed by atoms with van der Waals surface area (Å²) in [5, 5.41) is 13.5. The molecule has 4 nitrogen and oxygen atoms in total. The molecule has 0 saturated heterocycles. The minimum absolute atomic E-state index is 0.176. The average molecular weight is 343 g/mol. The van der Waals surface area contributed by atoms with Crippen molar-refractivity contribution >= 4 is 16.7 Å². The van der Waals surface area contributed by atoms with E-state index in [4.69, 9.17) is 0 Å². The Morgan fingerprint density at radius 2 is 1.92 bits per heavy atom. The van der Waals surface area contributed by atoms with Gasteiger partial charge < -0.3 is 10.4 Å². The molecule has 3 aromatic rings. The summed E-state index contributed by atoms with van der Waals surface area (Å²) in [7, 11) is 0. The first-order valence-electron chi connectivity index (χ1n) is 7.57. The van der Waals surface area contributed by atoms with Crippen molar-refractivity contribution in [2.75, 3.05) is 11.9 Å². The lowest BCUT2D eigenvalue weighted by Gasteiger charge is -2.25. The lowest BCUT2D eigenvalue weighted by Crippen LogP contribution is -2.27. The van der Waals surface area contributed by atoms with Crippen LogP contribution in [-0.4, -0.2) is 21.0 Å². The molecular weight excluding hydrogens is 325 g/mol. The van der Waals surface area contributed by atoms with Crippen LogP contribution < -0.4 is 5.32 Å². The van der Waals surface area contributed by atoms with Crippen LogP contribution in [0.4, 0.5) is 9.52 Å². The summed E-state index contributed by atoms with van der Waals surface area (Å²) >= 11 is 1.27. The van der Waals surface area contributed by atoms with Gasteiger partial charge in [0.2, 0.25) is 5.13 Å². The second-order valence-corrected chi connectivity index (χ2v) is 6.97. The zero-order valence-electron chi connectivity index (χ0n) is 13.5. The van der Waals surface area contributed by atoms with Gasteiger partial charge in [-0.15, -0.1) is 0 Å². The van der Waals surface area contributed by atoms with Crippen molar-refractivity contribution in [3.63, 3.8) is 0 Å². The van der Waals surface area contributed by atoms with Crippen LogP contribution in [0.1, 0.15) is 19.4 Å². The number of rotatable bonds is 5. The van der Waals surface area contributed by atoms with E-state index in [1.54, 1.807) is 30.3 Å². The van der Waals surface area contributed by atoms with E-state index in [1.807, 2.05) is 6.07 Å². The number of aromatic nitrogens is 2. The van der Waals surface area contributed by atoms with E-state index in [-0.39, 0.29) is 17.0 Å². The third-order valence-corrected chi connectivity index (χ3v) is 4.51. The number of aromatic hydroxyl groups is 1. The van der Waals surface area contributed by atoms with E-state index in [0.717, 1.165) is 11.1 Å². The maximum absolute atomic E-state index is 13.1. The molecule has 124 valence electrons. The summed E-state index contributed by atoms with van der Waals surface area (Å²) in [6.07, 6.45) is 0. The molecule has 0 saturated carbocycles. The van der Waals surface area contributed by atoms with Crippen LogP contribution in [0.2, 0.25) is 0 Å². The quantitative estimate of drug-likeness (QED) is 0.719. The maximum Gasteiger partial charge on any atom is 0.202 e. The van der Waals surface area contributed by atoms with Crippen molar-refractivity contribution in [3.05, 3.63) is 59.9 Å². The summed E-state index contributed by atoms with van der Waals surface area (Å²) in [6.45, 7) is 4.82. The molecule has 0 amide bonds. The first kappa shape index (κ1) is 16.4. The Morgan fingerprint density at radius 1 is 1.17 bits per heavy atom. The van der Waals surface area contributed by atoms with Crippen LogP contribution in [-0.2, 0) is 5.41 Å². The summed E-state index contributed by atoms with van der Waals surface area (Å²) in [5.74, 6) is 0.537. The maximum atomic E-state index is 13.1. The summed E-state index contributed by atoms with van der Waals surface area (Å²) < 4.78 is 17.4. The Labute approximate surface area is 144 Å². The fourth-order valence-corrected chi connectivity index (χ4v) is 2.94. The Balaban J connectivity index is 1.70. The third-order valence-electron chi connectivity index (χ3n) is 3.84. The Hall–Kier alpha value is -2.47. The number of hydrogen-bond donors (Lipinski definition) is 2. The van der Waals surface area contributed by atoms with Crippen LogP contribution in [0.5, 0.6) is 5.75 Å². The molecule has 0 radical (unpaired) electrons. The van der Waals surface area contributed by atoms with Gasteiger partial charge in [0, 0.05) is 29.1 Å². The van der Waals surface area contributed by atoms with Gasteiger partial charge >= 0.3 is 0 Å². The van der Waals surface area contributed by atoms with Crippen molar-refractivity contribution < 1.29 is 9.50 Å². The number of hydrogen-bond acceptors (Lipinski definition) is 5. The number of anilines is 1. The molecule has 24 heavy (non-hydrogen) atoms. The molecule has 0 aliphatic heterocycles. The highest BCUT2D eigenvalue weighted by molar-refractivity contribution is 7.09. The average Bonchev–Trinajstić information content (AvgIpc) is 3.03. The van der Waals surface area contributed by atoms with Gasteiger partial charge in [-0.3, -0.25) is 0 Å². The van der Waals surface area contributed by atoms with E-state index < -0.39 is 0 Å². The second-order valence-electron chi connectivity index (χ2n) is 6.22. The highest BCUT2D eigenvalue weighted by atomic mass is 32.1. The summed E-state index contributed by atoms with van der Waals surface area (Å²) in [5.41, 5.74) is 1.65. The van der Waals surface area contributed by atoms with Crippen LogP contribution >= 0.6 is 11.5 Å². The predicted molar refractivity (Wildman–Crippen MR) is 94.9 cm³/mol. The van der Waals surface area contributed by atoms with Crippen LogP contribution in [0.25, 0.3) is 11.4 Å². The van der Waals surface area contributed by atoms with Crippen molar-refractivity contribution in [1.82, 2.24) is 9.36 Å². The van der Waals surface area contributed by atoms with Crippen molar-refractivity contribution in [3.8, 4) is 17.1 Å². The van der Waals surface area contributed by atoms with Gasteiger partial charge in [0.1, 0.15) is 11.6 Å². The van der Waals surface area contributed by atoms with Gasteiger partial charge in [0.05, 0.1) is 0 Å². The fourth-order valence-electron chi connectivity index (χ4n) is 2.36. The second kappa shape index (κ2) is 6.57. The molecule has 1 aromatic heterocycles. The summed E-state index contributed by atoms with van der Waals surface area (Å²) in [4.78, 5) is 4.46. The van der Waals surface area contributed by atoms with Crippen molar-refractivity contribution in [1.29, 1.82) is 0 Å². The molecule has 1 heterocycles. The number of halogens is 1. The number of phenolic OH excluding ortho intramolecular Hbond substituents is 1. The fraction of sp³-hybridized carbons (Fsp3) is 0.222. The van der Waals surface area contributed by atoms with Gasteiger partial charge in [-0.1, -0.05) is 38.1 Å². The van der Waals surface area contributed by atoms with E-state index in [9.17, 15) is 9.50 Å². The van der Waals surface area contributed by atoms with Crippen LogP contribution in [0, 0.1) is 5.82 Å². The van der Waals surface area contributed by atoms with E-state index >= 15 is 0 Å². The molecule has 0 aliphatic carbocycles. The largest absolute Gasteiger partial charge is 0.508 e. The van der Waals surface area contributed by atoms with Crippen LogP contribution in [0.15, 0.2) is 48.5 Å². The van der Waals surface area contributed by atoms with Crippen LogP contribution in [0.3, 0.4) is 0 Å². The number of nitrogens with one attached hydrogen (secondary N) is 1. The first-order chi connectivity index (χ1) is 11.4. The van der Waals surface area contributed by atoms with E-state index in [1.165, 1.54) is 23.7 Å². The lowest BCUT2D eigenvalue weighted by atomic mass is 9.85. The third kappa shape index (κ3) is 3.71. The Kier molecular flexibility index (Phi) is 4.49. The van der Waals surface area contributed by atoms with Crippen molar-refractivity contribution in [2.24, 2.45) is 0 Å². The van der Waals surface area contributed by atoms with Gasteiger partial charge in [0.15, 0.2) is 5.82 Å². The molecule has 2 N–H and O–H groups in total. The normalized spacial score (nSPS) is 11.5. The summed E-state index contributed by atoms with van der Waals surface area (Å²) in [6, 6.07) is 13.4. The minimum Gasteiger partial charge on any atom is -0.508 e. The van der Waals surface area contributed by atoms with Crippen molar-refractivity contribution in [2.45, 2.75) is 19.3 Å². The molecular formula is C18H18FN3OS. The predicted octanol–water partition coefficient (Wildman–Crippen LogP) is 4.44. The zero-order chi connectivity index (χ0) is 17.2. The smallest absolute Gasteiger partial charge is 0.202 e. The molecule has 3 rings (SSSR count). The minimum atomic E-state index is -0.234. The van der Waals surface area contributed by atoms with Gasteiger partial charge in [-0.2, -0.15) is 9.36 Å². The molecule has 0 fully saturated rings. The molecule has 0 bridgehead atoms. The lowest BCUT2D eigenvalue weighted by molar-refractivity contribution is 0.475. The molecule has 0 spiro atoms.